The van der Waals surface area contributed by atoms with Crippen LogP contribution in [0.1, 0.15) is 16.8 Å². The molecule has 0 unspecified atom stereocenters. The number of hydrogen-bond acceptors (Lipinski definition) is 3. The van der Waals surface area contributed by atoms with E-state index in [1.807, 2.05) is 5.32 Å². The van der Waals surface area contributed by atoms with E-state index in [1.165, 1.54) is 6.07 Å². The molecule has 0 bridgehead atoms. The number of ether oxygens (including phenoxy) is 1. The number of rotatable bonds is 4. The lowest BCUT2D eigenvalue weighted by molar-refractivity contribution is -0.143. The van der Waals surface area contributed by atoms with Crippen molar-refractivity contribution in [3.8, 4) is 11.4 Å². The number of nitrogens with zero attached hydrogens (tertiary/aromatic N) is 2. The lowest BCUT2D eigenvalue weighted by Gasteiger charge is -2.13. The number of alkyl halides is 6. The number of aromatic nitrogens is 2. The molecule has 1 heterocycles. The Kier molecular flexibility index (Phi) is 6.10. The van der Waals surface area contributed by atoms with E-state index in [1.54, 1.807) is 0 Å². The SMILES string of the molecule is O=C(NCc1cccc(C(F)(F)F)c1)Oc1cnn(-c2ccc(F)c(F)c2)c1C(F)(F)F. The molecule has 0 aliphatic rings. The quantitative estimate of drug-likeness (QED) is 0.520. The first-order valence-electron chi connectivity index (χ1n) is 8.58. The maximum absolute atomic E-state index is 13.5. The molecular weight excluding hydrogens is 454 g/mol. The summed E-state index contributed by atoms with van der Waals surface area (Å²) in [7, 11) is 0. The average molecular weight is 465 g/mol. The second-order valence-electron chi connectivity index (χ2n) is 6.31. The second kappa shape index (κ2) is 8.48. The van der Waals surface area contributed by atoms with Gasteiger partial charge in [0, 0.05) is 12.6 Å². The molecule has 5 nitrogen and oxygen atoms in total. The zero-order valence-electron chi connectivity index (χ0n) is 15.6. The van der Waals surface area contributed by atoms with Crippen molar-refractivity contribution in [2.45, 2.75) is 18.9 Å². The molecule has 170 valence electrons. The number of nitrogens with one attached hydrogen (secondary N) is 1. The van der Waals surface area contributed by atoms with Crippen LogP contribution in [0, 0.1) is 11.6 Å². The first kappa shape index (κ1) is 23.0. The van der Waals surface area contributed by atoms with Gasteiger partial charge in [-0.3, -0.25) is 0 Å². The molecule has 0 saturated heterocycles. The van der Waals surface area contributed by atoms with Crippen molar-refractivity contribution in [2.75, 3.05) is 0 Å². The minimum Gasteiger partial charge on any atom is -0.406 e. The summed E-state index contributed by atoms with van der Waals surface area (Å²) in [5.74, 6) is -3.77. The fraction of sp³-hybridized carbons (Fsp3) is 0.158. The number of amides is 1. The summed E-state index contributed by atoms with van der Waals surface area (Å²) in [6.45, 7) is -0.471. The standard InChI is InChI=1S/C19H11F8N3O2/c20-13-5-4-12(7-14(13)21)30-16(19(25,26)27)15(9-29-30)32-17(31)28-8-10-2-1-3-11(6-10)18(22,23)24/h1-7,9H,8H2,(H,28,31). The Morgan fingerprint density at radius 2 is 1.69 bits per heavy atom. The summed E-state index contributed by atoms with van der Waals surface area (Å²) in [6, 6.07) is 5.81. The Balaban J connectivity index is 1.79. The topological polar surface area (TPSA) is 56.1 Å². The number of hydrogen-bond donors (Lipinski definition) is 1. The Morgan fingerprint density at radius 1 is 0.969 bits per heavy atom. The third-order valence-electron chi connectivity index (χ3n) is 4.05. The van der Waals surface area contributed by atoms with Gasteiger partial charge in [-0.1, -0.05) is 12.1 Å². The zero-order valence-corrected chi connectivity index (χ0v) is 15.6. The second-order valence-corrected chi connectivity index (χ2v) is 6.31. The van der Waals surface area contributed by atoms with Gasteiger partial charge in [-0.2, -0.15) is 31.4 Å². The molecule has 2 aromatic carbocycles. The molecule has 0 spiro atoms. The van der Waals surface area contributed by atoms with Crippen LogP contribution in [0.3, 0.4) is 0 Å². The summed E-state index contributed by atoms with van der Waals surface area (Å²) in [5.41, 5.74) is -3.03. The Hall–Kier alpha value is -3.64. The van der Waals surface area contributed by atoms with E-state index < -0.39 is 59.3 Å². The monoisotopic (exact) mass is 465 g/mol. The van der Waals surface area contributed by atoms with Crippen LogP contribution >= 0.6 is 0 Å². The Morgan fingerprint density at radius 3 is 2.31 bits per heavy atom. The summed E-state index contributed by atoms with van der Waals surface area (Å²) in [6.07, 6.45) is -10.6. The van der Waals surface area contributed by atoms with Gasteiger partial charge in [0.25, 0.3) is 0 Å². The van der Waals surface area contributed by atoms with Gasteiger partial charge < -0.3 is 10.1 Å². The van der Waals surface area contributed by atoms with Crippen molar-refractivity contribution in [3.05, 3.63) is 77.1 Å². The molecule has 0 fully saturated rings. The molecule has 1 amide bonds. The van der Waals surface area contributed by atoms with E-state index in [9.17, 15) is 39.9 Å². The largest absolute Gasteiger partial charge is 0.437 e. The maximum Gasteiger partial charge on any atom is 0.437 e. The molecule has 3 rings (SSSR count). The minimum atomic E-state index is -5.11. The molecule has 0 radical (unpaired) electrons. The highest BCUT2D eigenvalue weighted by Gasteiger charge is 2.40. The zero-order chi connectivity index (χ0) is 23.7. The summed E-state index contributed by atoms with van der Waals surface area (Å²) in [5, 5.41) is 5.44. The average Bonchev–Trinajstić information content (AvgIpc) is 3.12. The molecule has 13 heteroatoms. The summed E-state index contributed by atoms with van der Waals surface area (Å²) in [4.78, 5) is 11.9. The van der Waals surface area contributed by atoms with Crippen LogP contribution in [0.5, 0.6) is 5.75 Å². The maximum atomic E-state index is 13.5. The van der Waals surface area contributed by atoms with Crippen LogP contribution < -0.4 is 10.1 Å². The van der Waals surface area contributed by atoms with E-state index in [2.05, 4.69) is 9.84 Å². The highest BCUT2D eigenvalue weighted by Crippen LogP contribution is 2.38. The van der Waals surface area contributed by atoms with Crippen molar-refractivity contribution >= 4 is 6.09 Å². The molecule has 3 aromatic rings. The summed E-state index contributed by atoms with van der Waals surface area (Å²) >= 11 is 0. The third-order valence-corrected chi connectivity index (χ3v) is 4.05. The third kappa shape index (κ3) is 5.15. The van der Waals surface area contributed by atoms with Crippen LogP contribution in [0.15, 0.2) is 48.7 Å². The molecule has 0 saturated carbocycles. The highest BCUT2D eigenvalue weighted by molar-refractivity contribution is 5.70. The molecule has 0 aliphatic heterocycles. The predicted octanol–water partition coefficient (Wildman–Crippen LogP) is 5.48. The first-order valence-corrected chi connectivity index (χ1v) is 8.58. The molecule has 32 heavy (non-hydrogen) atoms. The van der Waals surface area contributed by atoms with E-state index in [0.717, 1.165) is 24.3 Å². The van der Waals surface area contributed by atoms with Crippen LogP contribution in [-0.4, -0.2) is 15.9 Å². The lowest BCUT2D eigenvalue weighted by Crippen LogP contribution is -2.27. The van der Waals surface area contributed by atoms with Crippen LogP contribution in [0.2, 0.25) is 0 Å². The minimum absolute atomic E-state index is 0.0188. The summed E-state index contributed by atoms with van der Waals surface area (Å²) < 4.78 is 110. The van der Waals surface area contributed by atoms with Crippen molar-refractivity contribution < 1.29 is 44.7 Å². The van der Waals surface area contributed by atoms with Crippen molar-refractivity contribution in [2.24, 2.45) is 0 Å². The number of carbonyl (C=O) groups excluding carboxylic acids is 1. The molecular formula is C19H11F8N3O2. The van der Waals surface area contributed by atoms with Gasteiger partial charge in [0.1, 0.15) is 0 Å². The highest BCUT2D eigenvalue weighted by atomic mass is 19.4. The number of halogens is 8. The number of benzene rings is 2. The van der Waals surface area contributed by atoms with Gasteiger partial charge in [0.2, 0.25) is 0 Å². The fourth-order valence-corrected chi connectivity index (χ4v) is 2.65. The number of carbonyl (C=O) groups is 1. The van der Waals surface area contributed by atoms with Crippen LogP contribution in [0.4, 0.5) is 39.9 Å². The van der Waals surface area contributed by atoms with Gasteiger partial charge in [0.05, 0.1) is 17.4 Å². The predicted molar refractivity (Wildman–Crippen MR) is 92.8 cm³/mol. The lowest BCUT2D eigenvalue weighted by atomic mass is 10.1. The molecule has 0 aliphatic carbocycles. The van der Waals surface area contributed by atoms with Crippen molar-refractivity contribution in [3.63, 3.8) is 0 Å². The van der Waals surface area contributed by atoms with Gasteiger partial charge in [-0.25, -0.2) is 18.3 Å². The van der Waals surface area contributed by atoms with E-state index in [0.29, 0.717) is 18.3 Å². The fourth-order valence-electron chi connectivity index (χ4n) is 2.65. The normalized spacial score (nSPS) is 12.0. The van der Waals surface area contributed by atoms with E-state index >= 15 is 0 Å². The van der Waals surface area contributed by atoms with E-state index in [-0.39, 0.29) is 10.2 Å². The van der Waals surface area contributed by atoms with Gasteiger partial charge in [-0.15, -0.1) is 0 Å². The van der Waals surface area contributed by atoms with Gasteiger partial charge in [0.15, 0.2) is 23.1 Å². The Bertz CT molecular complexity index is 1140. The van der Waals surface area contributed by atoms with Crippen LogP contribution in [-0.2, 0) is 18.9 Å². The molecule has 1 N–H and O–H groups in total. The van der Waals surface area contributed by atoms with Crippen LogP contribution in [0.25, 0.3) is 5.69 Å². The smallest absolute Gasteiger partial charge is 0.406 e. The van der Waals surface area contributed by atoms with E-state index in [4.69, 9.17) is 0 Å². The van der Waals surface area contributed by atoms with Crippen molar-refractivity contribution in [1.82, 2.24) is 15.1 Å². The Labute approximate surface area is 174 Å². The van der Waals surface area contributed by atoms with Gasteiger partial charge >= 0.3 is 18.4 Å². The van der Waals surface area contributed by atoms with Crippen molar-refractivity contribution in [1.29, 1.82) is 0 Å². The molecule has 1 aromatic heterocycles. The van der Waals surface area contributed by atoms with Gasteiger partial charge in [-0.05, 0) is 29.8 Å². The molecule has 0 atom stereocenters. The first-order chi connectivity index (χ1) is 14.9.